The Balaban J connectivity index is 1.60. The van der Waals surface area contributed by atoms with Crippen molar-refractivity contribution >= 4 is 34.0 Å². The van der Waals surface area contributed by atoms with E-state index in [1.54, 1.807) is 23.1 Å². The van der Waals surface area contributed by atoms with E-state index in [9.17, 15) is 4.79 Å². The predicted octanol–water partition coefficient (Wildman–Crippen LogP) is 5.87. The van der Waals surface area contributed by atoms with Crippen LogP contribution in [-0.2, 0) is 12.8 Å². The molecule has 144 valence electrons. The van der Waals surface area contributed by atoms with Gasteiger partial charge in [0.15, 0.2) is 0 Å². The number of nitrogens with one attached hydrogen (secondary N) is 2. The van der Waals surface area contributed by atoms with E-state index < -0.39 is 0 Å². The van der Waals surface area contributed by atoms with Crippen LogP contribution < -0.4 is 10.6 Å². The summed E-state index contributed by atoms with van der Waals surface area (Å²) in [5, 5.41) is 7.80. The van der Waals surface area contributed by atoms with Crippen molar-refractivity contribution in [2.24, 2.45) is 11.3 Å². The van der Waals surface area contributed by atoms with Gasteiger partial charge in [-0.25, -0.2) is 0 Å². The van der Waals surface area contributed by atoms with Crippen LogP contribution in [0.25, 0.3) is 0 Å². The molecule has 0 saturated heterocycles. The monoisotopic (exact) mass is 400 g/mol. The smallest absolute Gasteiger partial charge is 0.256 e. The third-order valence-corrected chi connectivity index (χ3v) is 8.44. The van der Waals surface area contributed by atoms with Crippen molar-refractivity contribution in [3.8, 4) is 0 Å². The molecule has 0 saturated carbocycles. The van der Waals surface area contributed by atoms with Crippen LogP contribution in [0.2, 0.25) is 0 Å². The second kappa shape index (κ2) is 7.17. The number of hydrogen-bond acceptors (Lipinski definition) is 4. The number of carbonyl (C=O) groups excluding carboxylic acids is 1. The van der Waals surface area contributed by atoms with Crippen LogP contribution in [0.5, 0.6) is 0 Å². The molecule has 1 amide bonds. The highest BCUT2D eigenvalue weighted by Gasteiger charge is 2.37. The highest BCUT2D eigenvalue weighted by molar-refractivity contribution is 7.98. The summed E-state index contributed by atoms with van der Waals surface area (Å²) in [7, 11) is 0. The minimum absolute atomic E-state index is 0.0772. The largest absolute Gasteiger partial charge is 0.353 e. The summed E-state index contributed by atoms with van der Waals surface area (Å²) in [6.07, 6.45) is 6.44. The molecule has 5 heteroatoms. The van der Waals surface area contributed by atoms with Gasteiger partial charge in [0, 0.05) is 9.77 Å². The summed E-state index contributed by atoms with van der Waals surface area (Å²) < 4.78 is 0. The topological polar surface area (TPSA) is 41.1 Å². The number of carbonyl (C=O) groups is 1. The predicted molar refractivity (Wildman–Crippen MR) is 116 cm³/mol. The Hall–Kier alpha value is -1.46. The van der Waals surface area contributed by atoms with Crippen LogP contribution in [0.4, 0.5) is 5.00 Å². The van der Waals surface area contributed by atoms with Gasteiger partial charge in [0.1, 0.15) is 11.2 Å². The number of benzene rings is 1. The summed E-state index contributed by atoms with van der Waals surface area (Å²) in [5.74, 6) is 0.779. The van der Waals surface area contributed by atoms with E-state index in [0.717, 1.165) is 29.0 Å². The molecule has 2 aliphatic rings. The number of anilines is 1. The molecule has 27 heavy (non-hydrogen) atoms. The van der Waals surface area contributed by atoms with Crippen LogP contribution >= 0.6 is 23.1 Å². The second-order valence-corrected chi connectivity index (χ2v) is 10.3. The molecule has 4 rings (SSSR count). The van der Waals surface area contributed by atoms with Crippen LogP contribution in [0.3, 0.4) is 0 Å². The first-order chi connectivity index (χ1) is 12.9. The highest BCUT2D eigenvalue weighted by Crippen LogP contribution is 2.46. The molecule has 0 unspecified atom stereocenters. The van der Waals surface area contributed by atoms with Crippen LogP contribution in [0.1, 0.15) is 66.1 Å². The molecule has 1 aromatic heterocycles. The first-order valence-electron chi connectivity index (χ1n) is 9.79. The molecular weight excluding hydrogens is 372 g/mol. The van der Waals surface area contributed by atoms with E-state index in [1.165, 1.54) is 28.2 Å². The SMILES string of the molecule is CCC(C)(C)[C@@H]1CCc2c(sc3c2C(=O)N[C@H](c2ccc(SC)cc2)N3)C1. The van der Waals surface area contributed by atoms with Gasteiger partial charge < -0.3 is 10.6 Å². The Labute approximate surface area is 170 Å². The first kappa shape index (κ1) is 18.9. The van der Waals surface area contributed by atoms with Gasteiger partial charge in [0.05, 0.1) is 5.56 Å². The zero-order chi connectivity index (χ0) is 19.2. The van der Waals surface area contributed by atoms with Crippen LogP contribution in [-0.4, -0.2) is 12.2 Å². The maximum absolute atomic E-state index is 12.9. The lowest BCUT2D eigenvalue weighted by molar-refractivity contribution is 0.0934. The van der Waals surface area contributed by atoms with E-state index >= 15 is 0 Å². The lowest BCUT2D eigenvalue weighted by atomic mass is 9.69. The number of hydrogen-bond donors (Lipinski definition) is 2. The van der Waals surface area contributed by atoms with E-state index in [4.69, 9.17) is 0 Å². The van der Waals surface area contributed by atoms with E-state index in [-0.39, 0.29) is 12.1 Å². The van der Waals surface area contributed by atoms with Crippen molar-refractivity contribution in [3.63, 3.8) is 0 Å². The number of rotatable bonds is 4. The Morgan fingerprint density at radius 3 is 2.63 bits per heavy atom. The minimum atomic E-state index is -0.149. The normalized spacial score (nSPS) is 21.9. The number of thioether (sulfide) groups is 1. The lowest BCUT2D eigenvalue weighted by Crippen LogP contribution is -2.38. The van der Waals surface area contributed by atoms with Gasteiger partial charge in [-0.05, 0) is 60.1 Å². The van der Waals surface area contributed by atoms with Gasteiger partial charge in [-0.3, -0.25) is 4.79 Å². The average molecular weight is 401 g/mol. The number of amides is 1. The molecule has 2 aromatic rings. The molecule has 1 aliphatic carbocycles. The standard InChI is InChI=1S/C22H28N2OS2/c1-5-22(2,3)14-8-11-16-17(12-14)27-21-18(16)20(25)23-19(24-21)13-6-9-15(26-4)10-7-13/h6-7,9-10,14,19,24H,5,8,11-12H2,1-4H3,(H,23,25)/t14-,19+/m1/s1. The summed E-state index contributed by atoms with van der Waals surface area (Å²) >= 11 is 3.53. The molecule has 2 N–H and O–H groups in total. The fourth-order valence-corrected chi connectivity index (χ4v) is 5.98. The number of thiophene rings is 1. The third kappa shape index (κ3) is 3.40. The van der Waals surface area contributed by atoms with E-state index in [2.05, 4.69) is 61.9 Å². The van der Waals surface area contributed by atoms with Gasteiger partial charge in [-0.1, -0.05) is 39.3 Å². The van der Waals surface area contributed by atoms with Crippen molar-refractivity contribution in [2.75, 3.05) is 11.6 Å². The average Bonchev–Trinajstić information content (AvgIpc) is 3.06. The lowest BCUT2D eigenvalue weighted by Gasteiger charge is -2.36. The van der Waals surface area contributed by atoms with Crippen molar-refractivity contribution in [1.29, 1.82) is 0 Å². The van der Waals surface area contributed by atoms with Gasteiger partial charge in [-0.2, -0.15) is 0 Å². The molecule has 0 spiro atoms. The maximum Gasteiger partial charge on any atom is 0.256 e. The molecule has 3 nitrogen and oxygen atoms in total. The van der Waals surface area contributed by atoms with Crippen molar-refractivity contribution in [3.05, 3.63) is 45.8 Å². The Bertz CT molecular complexity index is 854. The molecule has 2 heterocycles. The minimum Gasteiger partial charge on any atom is -0.353 e. The van der Waals surface area contributed by atoms with Crippen LogP contribution in [0.15, 0.2) is 29.2 Å². The Morgan fingerprint density at radius 2 is 1.96 bits per heavy atom. The number of fused-ring (bicyclic) bond motifs is 3. The van der Waals surface area contributed by atoms with Crippen LogP contribution in [0, 0.1) is 11.3 Å². The second-order valence-electron chi connectivity index (χ2n) is 8.31. The first-order valence-corrected chi connectivity index (χ1v) is 11.8. The Kier molecular flexibility index (Phi) is 5.02. The van der Waals surface area contributed by atoms with Crippen molar-refractivity contribution < 1.29 is 4.79 Å². The summed E-state index contributed by atoms with van der Waals surface area (Å²) in [5.41, 5.74) is 3.65. The zero-order valence-corrected chi connectivity index (χ0v) is 18.2. The fraction of sp³-hybridized carbons (Fsp3) is 0.500. The molecule has 0 radical (unpaired) electrons. The molecule has 1 aliphatic heterocycles. The highest BCUT2D eigenvalue weighted by atomic mass is 32.2. The van der Waals surface area contributed by atoms with Crippen molar-refractivity contribution in [2.45, 2.75) is 57.5 Å². The molecule has 1 aromatic carbocycles. The van der Waals surface area contributed by atoms with E-state index in [1.807, 2.05) is 0 Å². The molecule has 0 fully saturated rings. The molecular formula is C22H28N2OS2. The maximum atomic E-state index is 12.9. The van der Waals surface area contributed by atoms with Gasteiger partial charge in [0.25, 0.3) is 5.91 Å². The van der Waals surface area contributed by atoms with Gasteiger partial charge >= 0.3 is 0 Å². The third-order valence-electron chi connectivity index (χ3n) is 6.51. The molecule has 2 atom stereocenters. The molecule has 0 bridgehead atoms. The quantitative estimate of drug-likeness (QED) is 0.631. The Morgan fingerprint density at radius 1 is 1.22 bits per heavy atom. The summed E-state index contributed by atoms with van der Waals surface area (Å²) in [6.45, 7) is 7.06. The zero-order valence-electron chi connectivity index (χ0n) is 16.5. The summed E-state index contributed by atoms with van der Waals surface area (Å²) in [4.78, 5) is 15.6. The summed E-state index contributed by atoms with van der Waals surface area (Å²) in [6, 6.07) is 8.42. The van der Waals surface area contributed by atoms with Gasteiger partial charge in [0.2, 0.25) is 0 Å². The van der Waals surface area contributed by atoms with Crippen molar-refractivity contribution in [1.82, 2.24) is 5.32 Å². The van der Waals surface area contributed by atoms with Gasteiger partial charge in [-0.15, -0.1) is 23.1 Å². The fourth-order valence-electron chi connectivity index (χ4n) is 4.22. The van der Waals surface area contributed by atoms with E-state index in [0.29, 0.717) is 11.3 Å².